The largest absolute Gasteiger partial charge is 0.464 e. The second-order valence-electron chi connectivity index (χ2n) is 2.93. The zero-order valence-electron chi connectivity index (χ0n) is 7.71. The van der Waals surface area contributed by atoms with E-state index in [0.717, 1.165) is 10.9 Å². The Morgan fingerprint density at radius 1 is 1.50 bits per heavy atom. The fraction of sp³-hybridized carbons (Fsp3) is 0.200. The summed E-state index contributed by atoms with van der Waals surface area (Å²) in [4.78, 5) is 4.72. The molecule has 1 aromatic heterocycles. The molecule has 0 aliphatic rings. The number of furan rings is 1. The molecular formula is C10H10FNO2. The molecule has 2 aromatic rings. The van der Waals surface area contributed by atoms with Crippen molar-refractivity contribution in [3.63, 3.8) is 0 Å². The van der Waals surface area contributed by atoms with Crippen molar-refractivity contribution in [2.45, 2.75) is 6.54 Å². The SMILES string of the molecule is CONCc1coc2cc(F)ccc12. The van der Waals surface area contributed by atoms with Gasteiger partial charge in [0.2, 0.25) is 0 Å². The monoisotopic (exact) mass is 195 g/mol. The highest BCUT2D eigenvalue weighted by Gasteiger charge is 2.05. The van der Waals surface area contributed by atoms with Crippen molar-refractivity contribution in [1.82, 2.24) is 5.48 Å². The summed E-state index contributed by atoms with van der Waals surface area (Å²) in [5.74, 6) is -0.293. The standard InChI is InChI=1S/C10H10FNO2/c1-13-12-5-7-6-14-10-4-8(11)2-3-9(7)10/h2-4,6,12H,5H2,1H3. The van der Waals surface area contributed by atoms with Crippen LogP contribution in [0, 0.1) is 5.82 Å². The smallest absolute Gasteiger partial charge is 0.137 e. The second kappa shape index (κ2) is 3.77. The number of hydrogen-bond donors (Lipinski definition) is 1. The maximum absolute atomic E-state index is 12.8. The number of rotatable bonds is 3. The van der Waals surface area contributed by atoms with E-state index < -0.39 is 0 Å². The van der Waals surface area contributed by atoms with Gasteiger partial charge in [-0.25, -0.2) is 4.39 Å². The van der Waals surface area contributed by atoms with Crippen LogP contribution in [0.25, 0.3) is 11.0 Å². The number of hydroxylamine groups is 1. The molecule has 0 saturated carbocycles. The summed E-state index contributed by atoms with van der Waals surface area (Å²) in [6.45, 7) is 0.537. The number of fused-ring (bicyclic) bond motifs is 1. The van der Waals surface area contributed by atoms with Crippen molar-refractivity contribution >= 4 is 11.0 Å². The number of halogens is 1. The second-order valence-corrected chi connectivity index (χ2v) is 2.93. The van der Waals surface area contributed by atoms with Gasteiger partial charge in [-0.2, -0.15) is 5.48 Å². The van der Waals surface area contributed by atoms with E-state index >= 15 is 0 Å². The molecule has 0 saturated heterocycles. The molecular weight excluding hydrogens is 185 g/mol. The van der Waals surface area contributed by atoms with Crippen molar-refractivity contribution in [1.29, 1.82) is 0 Å². The third kappa shape index (κ3) is 1.62. The fourth-order valence-electron chi connectivity index (χ4n) is 1.34. The van der Waals surface area contributed by atoms with E-state index in [1.807, 2.05) is 0 Å². The van der Waals surface area contributed by atoms with Crippen molar-refractivity contribution in [3.8, 4) is 0 Å². The summed E-state index contributed by atoms with van der Waals surface area (Å²) >= 11 is 0. The van der Waals surface area contributed by atoms with E-state index in [9.17, 15) is 4.39 Å². The third-order valence-electron chi connectivity index (χ3n) is 2.02. The average Bonchev–Trinajstić information content (AvgIpc) is 2.57. The zero-order chi connectivity index (χ0) is 9.97. The number of hydrogen-bond acceptors (Lipinski definition) is 3. The van der Waals surface area contributed by atoms with E-state index in [1.165, 1.54) is 12.1 Å². The van der Waals surface area contributed by atoms with Gasteiger partial charge >= 0.3 is 0 Å². The first-order valence-corrected chi connectivity index (χ1v) is 4.22. The summed E-state index contributed by atoms with van der Waals surface area (Å²) in [5, 5.41) is 0.899. The van der Waals surface area contributed by atoms with Crippen molar-refractivity contribution in [2.75, 3.05) is 7.11 Å². The molecule has 0 fully saturated rings. The topological polar surface area (TPSA) is 34.4 Å². The van der Waals surface area contributed by atoms with E-state index in [-0.39, 0.29) is 5.82 Å². The normalized spacial score (nSPS) is 11.0. The van der Waals surface area contributed by atoms with Gasteiger partial charge in [0.15, 0.2) is 0 Å². The van der Waals surface area contributed by atoms with Crippen LogP contribution in [0.1, 0.15) is 5.56 Å². The number of benzene rings is 1. The van der Waals surface area contributed by atoms with Crippen molar-refractivity contribution < 1.29 is 13.6 Å². The van der Waals surface area contributed by atoms with Crippen molar-refractivity contribution in [3.05, 3.63) is 35.8 Å². The van der Waals surface area contributed by atoms with E-state index in [4.69, 9.17) is 9.25 Å². The van der Waals surface area contributed by atoms with Crippen LogP contribution in [0.3, 0.4) is 0 Å². The first-order chi connectivity index (χ1) is 6.81. The van der Waals surface area contributed by atoms with Gasteiger partial charge < -0.3 is 9.25 Å². The zero-order valence-corrected chi connectivity index (χ0v) is 7.71. The lowest BCUT2D eigenvalue weighted by Crippen LogP contribution is -2.10. The molecule has 0 aliphatic carbocycles. The van der Waals surface area contributed by atoms with Gasteiger partial charge in [0, 0.05) is 23.6 Å². The molecule has 0 spiro atoms. The van der Waals surface area contributed by atoms with E-state index in [0.29, 0.717) is 12.1 Å². The maximum Gasteiger partial charge on any atom is 0.137 e. The van der Waals surface area contributed by atoms with E-state index in [1.54, 1.807) is 19.4 Å². The van der Waals surface area contributed by atoms with Gasteiger partial charge in [-0.05, 0) is 12.1 Å². The Morgan fingerprint density at radius 3 is 3.14 bits per heavy atom. The van der Waals surface area contributed by atoms with Gasteiger partial charge in [0.25, 0.3) is 0 Å². The molecule has 1 aromatic carbocycles. The van der Waals surface area contributed by atoms with E-state index in [2.05, 4.69) is 5.48 Å². The quantitative estimate of drug-likeness (QED) is 0.762. The predicted octanol–water partition coefficient (Wildman–Crippen LogP) is 2.22. The molecule has 3 nitrogen and oxygen atoms in total. The Morgan fingerprint density at radius 2 is 2.36 bits per heavy atom. The molecule has 74 valence electrons. The Bertz CT molecular complexity index is 439. The third-order valence-corrected chi connectivity index (χ3v) is 2.02. The highest BCUT2D eigenvalue weighted by Crippen LogP contribution is 2.21. The summed E-state index contributed by atoms with van der Waals surface area (Å²) in [5.41, 5.74) is 4.20. The van der Waals surface area contributed by atoms with Gasteiger partial charge in [0.1, 0.15) is 11.4 Å². The Labute approximate surface area is 80.4 Å². The minimum Gasteiger partial charge on any atom is -0.464 e. The van der Waals surface area contributed by atoms with Gasteiger partial charge in [-0.15, -0.1) is 0 Å². The van der Waals surface area contributed by atoms with Crippen LogP contribution >= 0.6 is 0 Å². The molecule has 0 atom stereocenters. The molecule has 4 heteroatoms. The fourth-order valence-corrected chi connectivity index (χ4v) is 1.34. The van der Waals surface area contributed by atoms with Gasteiger partial charge in [0.05, 0.1) is 13.4 Å². The van der Waals surface area contributed by atoms with Crippen LogP contribution in [-0.4, -0.2) is 7.11 Å². The lowest BCUT2D eigenvalue weighted by Gasteiger charge is -1.98. The molecule has 0 unspecified atom stereocenters. The lowest BCUT2D eigenvalue weighted by molar-refractivity contribution is 0.0868. The van der Waals surface area contributed by atoms with Crippen LogP contribution in [0.15, 0.2) is 28.9 Å². The Hall–Kier alpha value is -1.39. The summed E-state index contributed by atoms with van der Waals surface area (Å²) < 4.78 is 18.0. The molecule has 0 radical (unpaired) electrons. The lowest BCUT2D eigenvalue weighted by atomic mass is 10.2. The molecule has 14 heavy (non-hydrogen) atoms. The molecule has 1 heterocycles. The average molecular weight is 195 g/mol. The van der Waals surface area contributed by atoms with Crippen LogP contribution in [0.2, 0.25) is 0 Å². The van der Waals surface area contributed by atoms with Crippen LogP contribution in [0.4, 0.5) is 4.39 Å². The highest BCUT2D eigenvalue weighted by molar-refractivity contribution is 5.80. The Kier molecular flexibility index (Phi) is 2.47. The summed E-state index contributed by atoms with van der Waals surface area (Å²) in [6, 6.07) is 4.47. The van der Waals surface area contributed by atoms with Crippen LogP contribution in [-0.2, 0) is 11.4 Å². The van der Waals surface area contributed by atoms with Crippen LogP contribution < -0.4 is 5.48 Å². The summed E-state index contributed by atoms with van der Waals surface area (Å²) in [7, 11) is 1.54. The highest BCUT2D eigenvalue weighted by atomic mass is 19.1. The van der Waals surface area contributed by atoms with Crippen molar-refractivity contribution in [2.24, 2.45) is 0 Å². The van der Waals surface area contributed by atoms with Crippen LogP contribution in [0.5, 0.6) is 0 Å². The summed E-state index contributed by atoms with van der Waals surface area (Å²) in [6.07, 6.45) is 1.59. The predicted molar refractivity (Wildman–Crippen MR) is 50.0 cm³/mol. The first-order valence-electron chi connectivity index (χ1n) is 4.22. The molecule has 2 rings (SSSR count). The maximum atomic E-state index is 12.8. The minimum absolute atomic E-state index is 0.293. The number of nitrogens with one attached hydrogen (secondary N) is 1. The minimum atomic E-state index is -0.293. The first kappa shape index (κ1) is 9.18. The van der Waals surface area contributed by atoms with Gasteiger partial charge in [-0.1, -0.05) is 0 Å². The molecule has 0 bridgehead atoms. The van der Waals surface area contributed by atoms with Gasteiger partial charge in [-0.3, -0.25) is 0 Å². The Balaban J connectivity index is 2.37. The molecule has 0 amide bonds. The molecule has 0 aliphatic heterocycles. The molecule has 1 N–H and O–H groups in total.